The van der Waals surface area contributed by atoms with Crippen molar-refractivity contribution >= 4 is 47.4 Å². The average Bonchev–Trinajstić information content (AvgIpc) is 2.91. The van der Waals surface area contributed by atoms with Crippen molar-refractivity contribution < 1.29 is 4.79 Å². The van der Waals surface area contributed by atoms with Crippen LogP contribution in [-0.4, -0.2) is 52.9 Å². The second-order valence-corrected chi connectivity index (χ2v) is 6.75. The van der Waals surface area contributed by atoms with Crippen molar-refractivity contribution in [3.8, 4) is 0 Å². The number of carbonyl (C=O) groups is 1. The number of hydrogen-bond acceptors (Lipinski definition) is 6. The molecule has 2 rings (SSSR count). The zero-order valence-corrected chi connectivity index (χ0v) is 17.4. The van der Waals surface area contributed by atoms with Gasteiger partial charge in [0.1, 0.15) is 5.82 Å². The number of aryl methyl sites for hydroxylation is 1. The number of rotatable bonds is 8. The van der Waals surface area contributed by atoms with Crippen molar-refractivity contribution in [3.05, 3.63) is 5.82 Å². The first kappa shape index (κ1) is 24.4. The van der Waals surface area contributed by atoms with E-state index in [1.807, 2.05) is 4.90 Å². The maximum Gasteiger partial charge on any atom is 0.222 e. The van der Waals surface area contributed by atoms with Crippen LogP contribution in [-0.2, 0) is 11.2 Å². The summed E-state index contributed by atoms with van der Waals surface area (Å²) >= 11 is 1.47. The average molecular weight is 412 g/mol. The van der Waals surface area contributed by atoms with E-state index in [4.69, 9.17) is 5.73 Å². The summed E-state index contributed by atoms with van der Waals surface area (Å²) in [5.74, 6) is 1.21. The number of hydrogen-bond donors (Lipinski definition) is 1. The van der Waals surface area contributed by atoms with Gasteiger partial charge in [0.25, 0.3) is 0 Å². The van der Waals surface area contributed by atoms with Crippen molar-refractivity contribution in [2.75, 3.05) is 37.6 Å². The number of carbonyl (C=O) groups excluding carboxylic acids is 1. The van der Waals surface area contributed by atoms with Crippen LogP contribution in [0.15, 0.2) is 0 Å². The SMILES string of the molecule is CCc1nsc(N2CCCN(C(=O)CCCCCCN)CC2)n1.Cl.Cl. The monoisotopic (exact) mass is 411 g/mol. The molecule has 1 aliphatic heterocycles. The van der Waals surface area contributed by atoms with E-state index in [2.05, 4.69) is 21.2 Å². The molecule has 0 aromatic carbocycles. The Morgan fingerprint density at radius 3 is 2.56 bits per heavy atom. The quantitative estimate of drug-likeness (QED) is 0.665. The molecule has 1 aromatic heterocycles. The first-order chi connectivity index (χ1) is 11.2. The zero-order valence-electron chi connectivity index (χ0n) is 15.0. The van der Waals surface area contributed by atoms with E-state index in [1.54, 1.807) is 0 Å². The van der Waals surface area contributed by atoms with Crippen molar-refractivity contribution in [2.45, 2.75) is 51.9 Å². The molecule has 0 bridgehead atoms. The molecule has 0 radical (unpaired) electrons. The fourth-order valence-corrected chi connectivity index (χ4v) is 3.61. The molecule has 1 amide bonds. The predicted octanol–water partition coefficient (Wildman–Crippen LogP) is 2.89. The Balaban J connectivity index is 0.00000288. The molecule has 0 spiro atoms. The third-order valence-corrected chi connectivity index (χ3v) is 5.05. The topological polar surface area (TPSA) is 75.4 Å². The molecule has 0 aliphatic carbocycles. The van der Waals surface area contributed by atoms with E-state index in [0.717, 1.165) is 82.2 Å². The van der Waals surface area contributed by atoms with E-state index in [-0.39, 0.29) is 24.8 Å². The lowest BCUT2D eigenvalue weighted by Gasteiger charge is -2.21. The number of aromatic nitrogens is 2. The highest BCUT2D eigenvalue weighted by atomic mass is 35.5. The summed E-state index contributed by atoms with van der Waals surface area (Å²) in [6.07, 6.45) is 6.83. The molecular weight excluding hydrogens is 381 g/mol. The predicted molar refractivity (Wildman–Crippen MR) is 109 cm³/mol. The molecular formula is C16H31Cl2N5OS. The van der Waals surface area contributed by atoms with Crippen molar-refractivity contribution in [2.24, 2.45) is 5.73 Å². The molecule has 0 atom stereocenters. The fraction of sp³-hybridized carbons (Fsp3) is 0.812. The lowest BCUT2D eigenvalue weighted by atomic mass is 10.1. The summed E-state index contributed by atoms with van der Waals surface area (Å²) in [5.41, 5.74) is 5.49. The number of anilines is 1. The van der Waals surface area contributed by atoms with E-state index in [1.165, 1.54) is 11.5 Å². The highest BCUT2D eigenvalue weighted by molar-refractivity contribution is 7.09. The Hall–Kier alpha value is -0.630. The minimum atomic E-state index is 0. The summed E-state index contributed by atoms with van der Waals surface area (Å²) < 4.78 is 4.36. The normalized spacial score (nSPS) is 14.5. The van der Waals surface area contributed by atoms with Crippen LogP contribution in [0.25, 0.3) is 0 Å². The summed E-state index contributed by atoms with van der Waals surface area (Å²) in [7, 11) is 0. The van der Waals surface area contributed by atoms with Crippen LogP contribution in [0.4, 0.5) is 5.13 Å². The van der Waals surface area contributed by atoms with Crippen LogP contribution < -0.4 is 10.6 Å². The van der Waals surface area contributed by atoms with Gasteiger partial charge >= 0.3 is 0 Å². The Kier molecular flexibility index (Phi) is 13.2. The summed E-state index contributed by atoms with van der Waals surface area (Å²) in [6.45, 7) is 6.29. The molecule has 1 fully saturated rings. The first-order valence-electron chi connectivity index (χ1n) is 8.80. The number of unbranched alkanes of at least 4 members (excludes halogenated alkanes) is 3. The van der Waals surface area contributed by atoms with E-state index in [0.29, 0.717) is 12.3 Å². The third-order valence-electron chi connectivity index (χ3n) is 4.24. The molecule has 25 heavy (non-hydrogen) atoms. The van der Waals surface area contributed by atoms with Crippen LogP contribution >= 0.6 is 36.3 Å². The van der Waals surface area contributed by atoms with Gasteiger partial charge in [0.2, 0.25) is 11.0 Å². The van der Waals surface area contributed by atoms with Crippen LogP contribution in [0.5, 0.6) is 0 Å². The maximum absolute atomic E-state index is 12.3. The molecule has 1 saturated heterocycles. The molecule has 0 unspecified atom stereocenters. The number of nitrogens with zero attached hydrogens (tertiary/aromatic N) is 4. The summed E-state index contributed by atoms with van der Waals surface area (Å²) in [5, 5.41) is 0.998. The largest absolute Gasteiger partial charge is 0.345 e. The van der Waals surface area contributed by atoms with E-state index < -0.39 is 0 Å². The molecule has 146 valence electrons. The van der Waals surface area contributed by atoms with Crippen LogP contribution in [0.2, 0.25) is 0 Å². The minimum Gasteiger partial charge on any atom is -0.345 e. The number of nitrogens with two attached hydrogens (primary N) is 1. The maximum atomic E-state index is 12.3. The number of amides is 1. The molecule has 6 nitrogen and oxygen atoms in total. The first-order valence-corrected chi connectivity index (χ1v) is 9.57. The van der Waals surface area contributed by atoms with Gasteiger partial charge in [-0.1, -0.05) is 19.8 Å². The van der Waals surface area contributed by atoms with Gasteiger partial charge in [-0.05, 0) is 25.8 Å². The molecule has 1 aromatic rings. The molecule has 0 saturated carbocycles. The molecule has 9 heteroatoms. The number of halogens is 2. The van der Waals surface area contributed by atoms with Gasteiger partial charge in [-0.3, -0.25) is 4.79 Å². The van der Waals surface area contributed by atoms with Crippen molar-refractivity contribution in [1.82, 2.24) is 14.3 Å². The van der Waals surface area contributed by atoms with Crippen LogP contribution in [0.3, 0.4) is 0 Å². The highest BCUT2D eigenvalue weighted by Gasteiger charge is 2.20. The molecule has 2 heterocycles. The zero-order chi connectivity index (χ0) is 16.5. The van der Waals surface area contributed by atoms with E-state index >= 15 is 0 Å². The third kappa shape index (κ3) is 8.07. The Morgan fingerprint density at radius 2 is 1.88 bits per heavy atom. The van der Waals surface area contributed by atoms with Gasteiger partial charge in [-0.25, -0.2) is 4.98 Å². The lowest BCUT2D eigenvalue weighted by Crippen LogP contribution is -2.35. The van der Waals surface area contributed by atoms with Gasteiger partial charge in [0.15, 0.2) is 0 Å². The van der Waals surface area contributed by atoms with Gasteiger partial charge in [0.05, 0.1) is 0 Å². The van der Waals surface area contributed by atoms with Crippen molar-refractivity contribution in [3.63, 3.8) is 0 Å². The second kappa shape index (κ2) is 13.6. The Morgan fingerprint density at radius 1 is 1.12 bits per heavy atom. The highest BCUT2D eigenvalue weighted by Crippen LogP contribution is 2.19. The van der Waals surface area contributed by atoms with Crippen LogP contribution in [0.1, 0.15) is 51.3 Å². The minimum absolute atomic E-state index is 0. The van der Waals surface area contributed by atoms with Gasteiger partial charge in [0, 0.05) is 50.6 Å². The lowest BCUT2D eigenvalue weighted by molar-refractivity contribution is -0.131. The standard InChI is InChI=1S/C16H29N5OS.2ClH/c1-2-14-18-16(23-19-14)21-11-7-10-20(12-13-21)15(22)8-5-3-4-6-9-17;;/h2-13,17H2,1H3;2*1H. The summed E-state index contributed by atoms with van der Waals surface area (Å²) in [6, 6.07) is 0. The van der Waals surface area contributed by atoms with Gasteiger partial charge in [-0.15, -0.1) is 24.8 Å². The summed E-state index contributed by atoms with van der Waals surface area (Å²) in [4.78, 5) is 21.2. The molecule has 1 aliphatic rings. The van der Waals surface area contributed by atoms with Crippen LogP contribution in [0, 0.1) is 0 Å². The van der Waals surface area contributed by atoms with Gasteiger partial charge in [-0.2, -0.15) is 4.37 Å². The fourth-order valence-electron chi connectivity index (χ4n) is 2.81. The van der Waals surface area contributed by atoms with E-state index in [9.17, 15) is 4.79 Å². The Labute approximate surface area is 167 Å². The van der Waals surface area contributed by atoms with Gasteiger partial charge < -0.3 is 15.5 Å². The molecule has 2 N–H and O–H groups in total. The second-order valence-electron chi connectivity index (χ2n) is 6.02. The Bertz CT molecular complexity index is 489. The van der Waals surface area contributed by atoms with Crippen molar-refractivity contribution in [1.29, 1.82) is 0 Å². The smallest absolute Gasteiger partial charge is 0.222 e.